The van der Waals surface area contributed by atoms with Crippen molar-refractivity contribution in [2.24, 2.45) is 11.7 Å². The van der Waals surface area contributed by atoms with Crippen LogP contribution in [0.3, 0.4) is 0 Å². The molecule has 1 aromatic rings. The molecule has 0 aromatic carbocycles. The molecule has 0 aliphatic heterocycles. The van der Waals surface area contributed by atoms with Gasteiger partial charge in [-0.2, -0.15) is 0 Å². The van der Waals surface area contributed by atoms with Crippen molar-refractivity contribution in [2.75, 3.05) is 33.4 Å². The summed E-state index contributed by atoms with van der Waals surface area (Å²) in [4.78, 5) is 2.33. The normalized spacial score (nSPS) is 13.5. The fourth-order valence-electron chi connectivity index (χ4n) is 1.98. The predicted octanol–water partition coefficient (Wildman–Crippen LogP) is 1.88. The molecule has 0 radical (unpaired) electrons. The number of ether oxygens (including phenoxy) is 1. The van der Waals surface area contributed by atoms with Crippen LogP contribution in [0.15, 0.2) is 22.8 Å². The Morgan fingerprint density at radius 1 is 1.47 bits per heavy atom. The van der Waals surface area contributed by atoms with Crippen molar-refractivity contribution in [1.29, 1.82) is 0 Å². The van der Waals surface area contributed by atoms with E-state index in [4.69, 9.17) is 14.9 Å². The highest BCUT2D eigenvalue weighted by atomic mass is 16.5. The van der Waals surface area contributed by atoms with Crippen molar-refractivity contribution in [3.05, 3.63) is 24.2 Å². The van der Waals surface area contributed by atoms with Crippen LogP contribution in [0.1, 0.15) is 25.6 Å². The van der Waals surface area contributed by atoms with E-state index >= 15 is 0 Å². The van der Waals surface area contributed by atoms with Gasteiger partial charge in [0.05, 0.1) is 18.9 Å². The van der Waals surface area contributed by atoms with Crippen molar-refractivity contribution >= 4 is 0 Å². The summed E-state index contributed by atoms with van der Waals surface area (Å²) in [6.45, 7) is 7.54. The van der Waals surface area contributed by atoms with E-state index in [2.05, 4.69) is 18.7 Å². The van der Waals surface area contributed by atoms with Crippen molar-refractivity contribution in [2.45, 2.75) is 19.9 Å². The number of nitrogens with zero attached hydrogens (tertiary/aromatic N) is 1. The molecule has 1 rings (SSSR count). The van der Waals surface area contributed by atoms with E-state index < -0.39 is 0 Å². The molecule has 1 unspecified atom stereocenters. The van der Waals surface area contributed by atoms with E-state index in [-0.39, 0.29) is 6.04 Å². The lowest BCUT2D eigenvalue weighted by molar-refractivity contribution is 0.103. The topological polar surface area (TPSA) is 51.6 Å². The molecule has 4 nitrogen and oxygen atoms in total. The Labute approximate surface area is 104 Å². The highest BCUT2D eigenvalue weighted by molar-refractivity contribution is 5.05. The maximum Gasteiger partial charge on any atom is 0.122 e. The number of nitrogens with two attached hydrogens (primary N) is 1. The number of rotatable bonds is 8. The van der Waals surface area contributed by atoms with Gasteiger partial charge in [0.25, 0.3) is 0 Å². The lowest BCUT2D eigenvalue weighted by Crippen LogP contribution is -2.38. The molecular formula is C13H24N2O2. The average molecular weight is 240 g/mol. The van der Waals surface area contributed by atoms with Gasteiger partial charge < -0.3 is 14.9 Å². The van der Waals surface area contributed by atoms with Gasteiger partial charge in [-0.25, -0.2) is 0 Å². The molecule has 0 saturated carbocycles. The van der Waals surface area contributed by atoms with Gasteiger partial charge in [0, 0.05) is 26.7 Å². The number of methoxy groups -OCH3 is 1. The lowest BCUT2D eigenvalue weighted by Gasteiger charge is -2.30. The molecule has 98 valence electrons. The van der Waals surface area contributed by atoms with Crippen LogP contribution in [-0.4, -0.2) is 38.3 Å². The van der Waals surface area contributed by atoms with Crippen LogP contribution in [0.2, 0.25) is 0 Å². The Kier molecular flexibility index (Phi) is 6.26. The number of hydrogen-bond donors (Lipinski definition) is 1. The zero-order valence-corrected chi connectivity index (χ0v) is 11.1. The Bertz CT molecular complexity index is 286. The standard InChI is InChI=1S/C13H24N2O2/c1-11(2)10-15(6-8-16-3)12(9-14)13-5-4-7-17-13/h4-5,7,11-12H,6,8-10,14H2,1-3H3. The maximum atomic E-state index is 5.87. The second-order valence-electron chi connectivity index (χ2n) is 4.65. The molecular weight excluding hydrogens is 216 g/mol. The first-order valence-corrected chi connectivity index (χ1v) is 6.15. The first-order valence-electron chi connectivity index (χ1n) is 6.15. The number of furan rings is 1. The predicted molar refractivity (Wildman–Crippen MR) is 68.8 cm³/mol. The average Bonchev–Trinajstić information content (AvgIpc) is 2.79. The molecule has 1 heterocycles. The van der Waals surface area contributed by atoms with Gasteiger partial charge in [0.1, 0.15) is 5.76 Å². The lowest BCUT2D eigenvalue weighted by atomic mass is 10.1. The van der Waals surface area contributed by atoms with Crippen molar-refractivity contribution in [3.8, 4) is 0 Å². The van der Waals surface area contributed by atoms with Crippen molar-refractivity contribution in [3.63, 3.8) is 0 Å². The van der Waals surface area contributed by atoms with E-state index in [0.717, 1.165) is 18.8 Å². The largest absolute Gasteiger partial charge is 0.468 e. The Morgan fingerprint density at radius 3 is 2.71 bits per heavy atom. The van der Waals surface area contributed by atoms with Gasteiger partial charge in [-0.15, -0.1) is 0 Å². The summed E-state index contributed by atoms with van der Waals surface area (Å²) in [5, 5.41) is 0. The van der Waals surface area contributed by atoms with E-state index in [9.17, 15) is 0 Å². The zero-order valence-electron chi connectivity index (χ0n) is 11.1. The monoisotopic (exact) mass is 240 g/mol. The smallest absolute Gasteiger partial charge is 0.122 e. The molecule has 0 spiro atoms. The van der Waals surface area contributed by atoms with Crippen molar-refractivity contribution < 1.29 is 9.15 Å². The summed E-state index contributed by atoms with van der Waals surface area (Å²) < 4.78 is 10.6. The molecule has 17 heavy (non-hydrogen) atoms. The number of hydrogen-bond acceptors (Lipinski definition) is 4. The maximum absolute atomic E-state index is 5.87. The molecule has 0 amide bonds. The third kappa shape index (κ3) is 4.50. The van der Waals surface area contributed by atoms with Crippen LogP contribution in [0.4, 0.5) is 0 Å². The van der Waals surface area contributed by atoms with Gasteiger partial charge >= 0.3 is 0 Å². The Balaban J connectivity index is 2.70. The van der Waals surface area contributed by atoms with Crippen LogP contribution >= 0.6 is 0 Å². The summed E-state index contributed by atoms with van der Waals surface area (Å²) in [5.41, 5.74) is 5.87. The fraction of sp³-hybridized carbons (Fsp3) is 0.692. The van der Waals surface area contributed by atoms with Gasteiger partial charge in [0.15, 0.2) is 0 Å². The van der Waals surface area contributed by atoms with Crippen LogP contribution in [0, 0.1) is 5.92 Å². The second kappa shape index (κ2) is 7.48. The highest BCUT2D eigenvalue weighted by Gasteiger charge is 2.21. The minimum Gasteiger partial charge on any atom is -0.468 e. The summed E-state index contributed by atoms with van der Waals surface area (Å²) >= 11 is 0. The Hall–Kier alpha value is -0.840. The highest BCUT2D eigenvalue weighted by Crippen LogP contribution is 2.21. The fourth-order valence-corrected chi connectivity index (χ4v) is 1.98. The second-order valence-corrected chi connectivity index (χ2v) is 4.65. The summed E-state index contributed by atoms with van der Waals surface area (Å²) in [6, 6.07) is 4.03. The third-order valence-electron chi connectivity index (χ3n) is 2.72. The minimum atomic E-state index is 0.141. The van der Waals surface area contributed by atoms with Gasteiger partial charge in [-0.1, -0.05) is 13.8 Å². The summed E-state index contributed by atoms with van der Waals surface area (Å²) in [6.07, 6.45) is 1.70. The van der Waals surface area contributed by atoms with Gasteiger partial charge in [0.2, 0.25) is 0 Å². The van der Waals surface area contributed by atoms with E-state index in [0.29, 0.717) is 19.1 Å². The third-order valence-corrected chi connectivity index (χ3v) is 2.72. The molecule has 1 aromatic heterocycles. The molecule has 0 aliphatic rings. The summed E-state index contributed by atoms with van der Waals surface area (Å²) in [7, 11) is 1.72. The first kappa shape index (κ1) is 14.2. The van der Waals surface area contributed by atoms with Gasteiger partial charge in [-0.05, 0) is 18.1 Å². The first-order chi connectivity index (χ1) is 8.19. The van der Waals surface area contributed by atoms with Gasteiger partial charge in [-0.3, -0.25) is 4.90 Å². The van der Waals surface area contributed by atoms with E-state index in [1.165, 1.54) is 0 Å². The molecule has 2 N–H and O–H groups in total. The van der Waals surface area contributed by atoms with E-state index in [1.54, 1.807) is 13.4 Å². The molecule has 4 heteroatoms. The van der Waals surface area contributed by atoms with Crippen LogP contribution in [0.25, 0.3) is 0 Å². The molecule has 0 bridgehead atoms. The minimum absolute atomic E-state index is 0.141. The SMILES string of the molecule is COCCN(CC(C)C)C(CN)c1ccco1. The molecule has 0 saturated heterocycles. The van der Waals surface area contributed by atoms with Crippen molar-refractivity contribution in [1.82, 2.24) is 4.90 Å². The van der Waals surface area contributed by atoms with Crippen LogP contribution in [0.5, 0.6) is 0 Å². The molecule has 1 atom stereocenters. The quantitative estimate of drug-likeness (QED) is 0.754. The molecule has 0 fully saturated rings. The van der Waals surface area contributed by atoms with Crippen LogP contribution < -0.4 is 5.73 Å². The Morgan fingerprint density at radius 2 is 2.24 bits per heavy atom. The summed E-state index contributed by atoms with van der Waals surface area (Å²) in [5.74, 6) is 1.53. The van der Waals surface area contributed by atoms with E-state index in [1.807, 2.05) is 12.1 Å². The molecule has 0 aliphatic carbocycles. The zero-order chi connectivity index (χ0) is 12.7. The van der Waals surface area contributed by atoms with Crippen LogP contribution in [-0.2, 0) is 4.74 Å².